The summed E-state index contributed by atoms with van der Waals surface area (Å²) in [5.74, 6) is 0.725. The Morgan fingerprint density at radius 2 is 2.12 bits per heavy atom. The molecule has 0 saturated carbocycles. The highest BCUT2D eigenvalue weighted by molar-refractivity contribution is 5.43. The number of rotatable bonds is 6. The molecule has 24 heavy (non-hydrogen) atoms. The Morgan fingerprint density at radius 3 is 2.88 bits per heavy atom. The number of ether oxygens (including phenoxy) is 1. The lowest BCUT2D eigenvalue weighted by molar-refractivity contribution is 0.141. The fraction of sp³-hybridized carbons (Fsp3) is 0.350. The largest absolute Gasteiger partial charge is 0.496 e. The molecule has 0 bridgehead atoms. The SMILES string of the molecule is COc1cc(C#N)ccc1CN(CCO)C1CCc2ccccc21. The summed E-state index contributed by atoms with van der Waals surface area (Å²) in [5, 5.41) is 18.6. The molecule has 0 fully saturated rings. The summed E-state index contributed by atoms with van der Waals surface area (Å²) < 4.78 is 5.46. The zero-order valence-corrected chi connectivity index (χ0v) is 13.9. The molecule has 1 atom stereocenters. The number of nitrogens with zero attached hydrogens (tertiary/aromatic N) is 2. The predicted molar refractivity (Wildman–Crippen MR) is 92.7 cm³/mol. The van der Waals surface area contributed by atoms with E-state index in [-0.39, 0.29) is 6.61 Å². The van der Waals surface area contributed by atoms with Crippen LogP contribution in [0.5, 0.6) is 5.75 Å². The van der Waals surface area contributed by atoms with E-state index in [0.29, 0.717) is 24.7 Å². The van der Waals surface area contributed by atoms with Gasteiger partial charge in [-0.05, 0) is 36.1 Å². The Bertz CT molecular complexity index is 752. The first-order chi connectivity index (χ1) is 11.8. The van der Waals surface area contributed by atoms with Crippen molar-refractivity contribution < 1.29 is 9.84 Å². The quantitative estimate of drug-likeness (QED) is 0.888. The Hall–Kier alpha value is -2.35. The highest BCUT2D eigenvalue weighted by atomic mass is 16.5. The number of fused-ring (bicyclic) bond motifs is 1. The lowest BCUT2D eigenvalue weighted by Gasteiger charge is -2.29. The van der Waals surface area contributed by atoms with Gasteiger partial charge in [0, 0.05) is 24.7 Å². The van der Waals surface area contributed by atoms with E-state index in [1.54, 1.807) is 13.2 Å². The zero-order valence-electron chi connectivity index (χ0n) is 13.9. The van der Waals surface area contributed by atoms with Gasteiger partial charge in [0.05, 0.1) is 25.3 Å². The second-order valence-electron chi connectivity index (χ2n) is 6.09. The number of methoxy groups -OCH3 is 1. The van der Waals surface area contributed by atoms with Crippen LogP contribution in [0.3, 0.4) is 0 Å². The molecule has 0 heterocycles. The molecular weight excluding hydrogens is 300 g/mol. The first-order valence-electron chi connectivity index (χ1n) is 8.26. The van der Waals surface area contributed by atoms with E-state index in [0.717, 1.165) is 24.2 Å². The summed E-state index contributed by atoms with van der Waals surface area (Å²) >= 11 is 0. The van der Waals surface area contributed by atoms with Gasteiger partial charge in [-0.25, -0.2) is 0 Å². The molecule has 3 rings (SSSR count). The number of hydrogen-bond acceptors (Lipinski definition) is 4. The van der Waals surface area contributed by atoms with Gasteiger partial charge in [-0.2, -0.15) is 5.26 Å². The van der Waals surface area contributed by atoms with Gasteiger partial charge in [-0.3, -0.25) is 4.90 Å². The van der Waals surface area contributed by atoms with E-state index in [1.165, 1.54) is 11.1 Å². The number of aryl methyl sites for hydroxylation is 1. The number of aliphatic hydroxyl groups is 1. The van der Waals surface area contributed by atoms with E-state index < -0.39 is 0 Å². The van der Waals surface area contributed by atoms with Crippen LogP contribution in [0.1, 0.15) is 34.7 Å². The third-order valence-electron chi connectivity index (χ3n) is 4.72. The molecule has 1 N–H and O–H groups in total. The highest BCUT2D eigenvalue weighted by Crippen LogP contribution is 2.37. The molecule has 0 aliphatic heterocycles. The van der Waals surface area contributed by atoms with Crippen molar-refractivity contribution in [2.24, 2.45) is 0 Å². The zero-order chi connectivity index (χ0) is 16.9. The minimum atomic E-state index is 0.122. The van der Waals surface area contributed by atoms with Crippen molar-refractivity contribution in [3.8, 4) is 11.8 Å². The average Bonchev–Trinajstić information content (AvgIpc) is 3.05. The number of aliphatic hydroxyl groups excluding tert-OH is 1. The highest BCUT2D eigenvalue weighted by Gasteiger charge is 2.27. The first kappa shape index (κ1) is 16.5. The van der Waals surface area contributed by atoms with Crippen LogP contribution in [0.15, 0.2) is 42.5 Å². The lowest BCUT2D eigenvalue weighted by Crippen LogP contribution is -2.30. The van der Waals surface area contributed by atoms with Gasteiger partial charge in [-0.1, -0.05) is 30.3 Å². The van der Waals surface area contributed by atoms with Gasteiger partial charge in [0.2, 0.25) is 0 Å². The lowest BCUT2D eigenvalue weighted by atomic mass is 10.0. The van der Waals surface area contributed by atoms with Crippen LogP contribution in [-0.2, 0) is 13.0 Å². The maximum Gasteiger partial charge on any atom is 0.124 e. The molecule has 124 valence electrons. The van der Waals surface area contributed by atoms with Crippen molar-refractivity contribution in [1.29, 1.82) is 5.26 Å². The average molecular weight is 322 g/mol. The summed E-state index contributed by atoms with van der Waals surface area (Å²) in [7, 11) is 1.63. The van der Waals surface area contributed by atoms with Gasteiger partial charge >= 0.3 is 0 Å². The number of hydrogen-bond donors (Lipinski definition) is 1. The number of nitriles is 1. The van der Waals surface area contributed by atoms with Crippen LogP contribution in [0, 0.1) is 11.3 Å². The van der Waals surface area contributed by atoms with E-state index >= 15 is 0 Å². The van der Waals surface area contributed by atoms with Crippen LogP contribution in [-0.4, -0.2) is 30.3 Å². The van der Waals surface area contributed by atoms with Crippen LogP contribution in [0.25, 0.3) is 0 Å². The van der Waals surface area contributed by atoms with Gasteiger partial charge in [0.1, 0.15) is 5.75 Å². The minimum Gasteiger partial charge on any atom is -0.496 e. The molecule has 0 amide bonds. The second-order valence-corrected chi connectivity index (χ2v) is 6.09. The maximum absolute atomic E-state index is 9.52. The molecule has 4 nitrogen and oxygen atoms in total. The van der Waals surface area contributed by atoms with E-state index in [9.17, 15) is 5.11 Å². The molecule has 0 spiro atoms. The Morgan fingerprint density at radius 1 is 1.29 bits per heavy atom. The fourth-order valence-electron chi connectivity index (χ4n) is 3.55. The molecule has 1 aliphatic rings. The van der Waals surface area contributed by atoms with Crippen molar-refractivity contribution >= 4 is 0 Å². The molecule has 0 saturated heterocycles. The maximum atomic E-state index is 9.52. The van der Waals surface area contributed by atoms with E-state index in [2.05, 4.69) is 35.2 Å². The summed E-state index contributed by atoms with van der Waals surface area (Å²) in [6, 6.07) is 16.5. The van der Waals surface area contributed by atoms with Gasteiger partial charge in [0.15, 0.2) is 0 Å². The van der Waals surface area contributed by atoms with Crippen molar-refractivity contribution in [2.45, 2.75) is 25.4 Å². The predicted octanol–water partition coefficient (Wildman–Crippen LogP) is 3.05. The van der Waals surface area contributed by atoms with Crippen LogP contribution < -0.4 is 4.74 Å². The van der Waals surface area contributed by atoms with Crippen molar-refractivity contribution in [3.63, 3.8) is 0 Å². The van der Waals surface area contributed by atoms with Crippen molar-refractivity contribution in [3.05, 3.63) is 64.7 Å². The topological polar surface area (TPSA) is 56.5 Å². The van der Waals surface area contributed by atoms with Crippen molar-refractivity contribution in [1.82, 2.24) is 4.90 Å². The van der Waals surface area contributed by atoms with Crippen LogP contribution >= 0.6 is 0 Å². The van der Waals surface area contributed by atoms with Crippen LogP contribution in [0.4, 0.5) is 0 Å². The number of benzene rings is 2. The second kappa shape index (κ2) is 7.48. The normalized spacial score (nSPS) is 16.0. The van der Waals surface area contributed by atoms with E-state index in [4.69, 9.17) is 10.00 Å². The Balaban J connectivity index is 1.87. The Kier molecular flexibility index (Phi) is 5.14. The molecule has 2 aromatic rings. The van der Waals surface area contributed by atoms with Gasteiger partial charge < -0.3 is 9.84 Å². The Labute approximate surface area is 142 Å². The molecule has 0 aromatic heterocycles. The van der Waals surface area contributed by atoms with E-state index in [1.807, 2.05) is 12.1 Å². The summed E-state index contributed by atoms with van der Waals surface area (Å²) in [6.07, 6.45) is 2.14. The molecule has 1 aliphatic carbocycles. The van der Waals surface area contributed by atoms with Crippen LogP contribution in [0.2, 0.25) is 0 Å². The summed E-state index contributed by atoms with van der Waals surface area (Å²) in [4.78, 5) is 2.30. The third kappa shape index (κ3) is 3.28. The molecule has 0 radical (unpaired) electrons. The van der Waals surface area contributed by atoms with Gasteiger partial charge in [0.25, 0.3) is 0 Å². The standard InChI is InChI=1S/C20H22N2O2/c1-24-20-12-15(13-21)6-7-17(20)14-22(10-11-23)19-9-8-16-4-2-3-5-18(16)19/h2-7,12,19,23H,8-11,14H2,1H3. The third-order valence-corrected chi connectivity index (χ3v) is 4.72. The molecule has 4 heteroatoms. The first-order valence-corrected chi connectivity index (χ1v) is 8.26. The minimum absolute atomic E-state index is 0.122. The summed E-state index contributed by atoms with van der Waals surface area (Å²) in [6.45, 7) is 1.42. The summed E-state index contributed by atoms with van der Waals surface area (Å²) in [5.41, 5.74) is 4.39. The monoisotopic (exact) mass is 322 g/mol. The fourth-order valence-corrected chi connectivity index (χ4v) is 3.55. The van der Waals surface area contributed by atoms with Gasteiger partial charge in [-0.15, -0.1) is 0 Å². The molecular formula is C20H22N2O2. The molecule has 2 aromatic carbocycles. The van der Waals surface area contributed by atoms with Crippen molar-refractivity contribution in [2.75, 3.05) is 20.3 Å². The molecule has 1 unspecified atom stereocenters. The smallest absolute Gasteiger partial charge is 0.124 e.